The van der Waals surface area contributed by atoms with Gasteiger partial charge in [-0.15, -0.1) is 0 Å². The van der Waals surface area contributed by atoms with Crippen LogP contribution in [0.3, 0.4) is 0 Å². The van der Waals surface area contributed by atoms with Crippen LogP contribution in [0.1, 0.15) is 5.56 Å². The van der Waals surface area contributed by atoms with Crippen molar-refractivity contribution >= 4 is 0 Å². The molecule has 1 rings (SSSR count). The van der Waals surface area contributed by atoms with Crippen LogP contribution in [-0.4, -0.2) is 30.0 Å². The Hall–Kier alpha value is -0.870. The number of hydrogen-bond acceptors (Lipinski definition) is 3. The van der Waals surface area contributed by atoms with Gasteiger partial charge in [0.1, 0.15) is 0 Å². The summed E-state index contributed by atoms with van der Waals surface area (Å²) in [7, 11) is 1.68. The average molecular weight is 169 g/mol. The highest BCUT2D eigenvalue weighted by Gasteiger charge is 1.96. The molecule has 4 nitrogen and oxygen atoms in total. The minimum absolute atomic E-state index is 0.677. The first-order valence-corrected chi connectivity index (χ1v) is 4.07. The van der Waals surface area contributed by atoms with Gasteiger partial charge in [0.2, 0.25) is 0 Å². The molecule has 0 atom stereocenters. The van der Waals surface area contributed by atoms with Gasteiger partial charge in [-0.05, 0) is 18.5 Å². The molecule has 0 bridgehead atoms. The third-order valence-corrected chi connectivity index (χ3v) is 1.64. The molecule has 0 unspecified atom stereocenters. The van der Waals surface area contributed by atoms with Gasteiger partial charge in [-0.2, -0.15) is 5.10 Å². The number of nitrogens with two attached hydrogens (primary N) is 1. The van der Waals surface area contributed by atoms with Gasteiger partial charge in [-0.3, -0.25) is 4.68 Å². The van der Waals surface area contributed by atoms with Gasteiger partial charge in [-0.1, -0.05) is 0 Å². The van der Waals surface area contributed by atoms with E-state index in [2.05, 4.69) is 5.10 Å². The van der Waals surface area contributed by atoms with E-state index in [1.54, 1.807) is 7.11 Å². The second-order valence-electron chi connectivity index (χ2n) is 2.64. The molecular formula is C8H15N3O. The van der Waals surface area contributed by atoms with E-state index in [0.717, 1.165) is 13.0 Å². The molecule has 0 radical (unpaired) electrons. The highest BCUT2D eigenvalue weighted by Crippen LogP contribution is 1.97. The van der Waals surface area contributed by atoms with Crippen LogP contribution in [0.2, 0.25) is 0 Å². The van der Waals surface area contributed by atoms with Crippen LogP contribution < -0.4 is 5.73 Å². The van der Waals surface area contributed by atoms with Crippen LogP contribution in [0.4, 0.5) is 0 Å². The van der Waals surface area contributed by atoms with E-state index in [9.17, 15) is 0 Å². The first-order chi connectivity index (χ1) is 5.86. The number of hydrogen-bond donors (Lipinski definition) is 1. The zero-order valence-corrected chi connectivity index (χ0v) is 7.36. The monoisotopic (exact) mass is 169 g/mol. The summed E-state index contributed by atoms with van der Waals surface area (Å²) in [4.78, 5) is 0. The van der Waals surface area contributed by atoms with Crippen molar-refractivity contribution in [3.8, 4) is 0 Å². The molecular weight excluding hydrogens is 154 g/mol. The first-order valence-electron chi connectivity index (χ1n) is 4.07. The van der Waals surface area contributed by atoms with E-state index in [1.807, 2.05) is 17.1 Å². The Kier molecular flexibility index (Phi) is 3.76. The fraction of sp³-hybridized carbons (Fsp3) is 0.625. The van der Waals surface area contributed by atoms with E-state index < -0.39 is 0 Å². The predicted octanol–water partition coefficient (Wildman–Crippen LogP) is 0.0307. The Balaban J connectivity index is 2.41. The van der Waals surface area contributed by atoms with Crippen LogP contribution >= 0.6 is 0 Å². The van der Waals surface area contributed by atoms with Gasteiger partial charge >= 0.3 is 0 Å². The summed E-state index contributed by atoms with van der Waals surface area (Å²) in [6.45, 7) is 2.18. The van der Waals surface area contributed by atoms with E-state index in [0.29, 0.717) is 13.2 Å². The van der Waals surface area contributed by atoms with Crippen molar-refractivity contribution in [2.75, 3.05) is 20.3 Å². The molecule has 68 valence electrons. The molecule has 2 N–H and O–H groups in total. The Labute approximate surface area is 72.3 Å². The number of ether oxygens (including phenoxy) is 1. The molecule has 0 saturated carbocycles. The van der Waals surface area contributed by atoms with Crippen molar-refractivity contribution in [1.29, 1.82) is 0 Å². The SMILES string of the molecule is COCCn1cc(CCN)cn1. The summed E-state index contributed by atoms with van der Waals surface area (Å²) in [6.07, 6.45) is 4.75. The quantitative estimate of drug-likeness (QED) is 0.676. The molecule has 0 amide bonds. The third-order valence-electron chi connectivity index (χ3n) is 1.64. The molecule has 0 fully saturated rings. The molecule has 0 aromatic carbocycles. The zero-order valence-electron chi connectivity index (χ0n) is 7.36. The van der Waals surface area contributed by atoms with Crippen molar-refractivity contribution in [3.63, 3.8) is 0 Å². The zero-order chi connectivity index (χ0) is 8.81. The van der Waals surface area contributed by atoms with Crippen LogP contribution in [-0.2, 0) is 17.7 Å². The van der Waals surface area contributed by atoms with Gasteiger partial charge in [0.05, 0.1) is 19.3 Å². The van der Waals surface area contributed by atoms with Gasteiger partial charge in [0.15, 0.2) is 0 Å². The summed E-state index contributed by atoms with van der Waals surface area (Å²) in [5.41, 5.74) is 6.60. The van der Waals surface area contributed by atoms with Gasteiger partial charge in [-0.25, -0.2) is 0 Å². The fourth-order valence-electron chi connectivity index (χ4n) is 1.01. The molecule has 1 aromatic rings. The van der Waals surface area contributed by atoms with Crippen LogP contribution in [0.15, 0.2) is 12.4 Å². The lowest BCUT2D eigenvalue weighted by Crippen LogP contribution is -2.04. The summed E-state index contributed by atoms with van der Waals surface area (Å²) in [5, 5.41) is 4.15. The molecule has 0 aliphatic heterocycles. The molecule has 0 saturated heterocycles. The number of aromatic nitrogens is 2. The summed E-state index contributed by atoms with van der Waals surface area (Å²) < 4.78 is 6.80. The largest absolute Gasteiger partial charge is 0.383 e. The number of methoxy groups -OCH3 is 1. The second kappa shape index (κ2) is 4.90. The van der Waals surface area contributed by atoms with Crippen molar-refractivity contribution in [2.45, 2.75) is 13.0 Å². The lowest BCUT2D eigenvalue weighted by Gasteiger charge is -1.98. The molecule has 12 heavy (non-hydrogen) atoms. The maximum atomic E-state index is 5.41. The predicted molar refractivity (Wildman–Crippen MR) is 46.9 cm³/mol. The van der Waals surface area contributed by atoms with Crippen molar-refractivity contribution in [3.05, 3.63) is 18.0 Å². The molecule has 0 spiro atoms. The van der Waals surface area contributed by atoms with Crippen molar-refractivity contribution in [2.24, 2.45) is 5.73 Å². The molecule has 1 heterocycles. The number of nitrogens with zero attached hydrogens (tertiary/aromatic N) is 2. The van der Waals surface area contributed by atoms with E-state index in [4.69, 9.17) is 10.5 Å². The lowest BCUT2D eigenvalue weighted by atomic mass is 10.3. The highest BCUT2D eigenvalue weighted by atomic mass is 16.5. The standard InChI is InChI=1S/C8H15N3O/c1-12-5-4-11-7-8(2-3-9)6-10-11/h6-7H,2-5,9H2,1H3. The maximum Gasteiger partial charge on any atom is 0.0658 e. The lowest BCUT2D eigenvalue weighted by molar-refractivity contribution is 0.183. The minimum Gasteiger partial charge on any atom is -0.383 e. The molecule has 0 aliphatic rings. The average Bonchev–Trinajstić information content (AvgIpc) is 2.50. The first kappa shape index (κ1) is 9.22. The van der Waals surface area contributed by atoms with Gasteiger partial charge in [0.25, 0.3) is 0 Å². The van der Waals surface area contributed by atoms with Crippen molar-refractivity contribution < 1.29 is 4.74 Å². The van der Waals surface area contributed by atoms with Gasteiger partial charge < -0.3 is 10.5 Å². The summed E-state index contributed by atoms with van der Waals surface area (Å²) in [6, 6.07) is 0. The summed E-state index contributed by atoms with van der Waals surface area (Å²) in [5.74, 6) is 0. The number of rotatable bonds is 5. The maximum absolute atomic E-state index is 5.41. The fourth-order valence-corrected chi connectivity index (χ4v) is 1.01. The van der Waals surface area contributed by atoms with E-state index >= 15 is 0 Å². The Morgan fingerprint density at radius 1 is 1.67 bits per heavy atom. The minimum atomic E-state index is 0.677. The molecule has 1 aromatic heterocycles. The van der Waals surface area contributed by atoms with Gasteiger partial charge in [0, 0.05) is 13.3 Å². The topological polar surface area (TPSA) is 53.1 Å². The third kappa shape index (κ3) is 2.64. The highest BCUT2D eigenvalue weighted by molar-refractivity contribution is 5.03. The Morgan fingerprint density at radius 3 is 3.17 bits per heavy atom. The second-order valence-corrected chi connectivity index (χ2v) is 2.64. The summed E-state index contributed by atoms with van der Waals surface area (Å²) >= 11 is 0. The van der Waals surface area contributed by atoms with E-state index in [-0.39, 0.29) is 0 Å². The van der Waals surface area contributed by atoms with E-state index in [1.165, 1.54) is 5.56 Å². The van der Waals surface area contributed by atoms with Crippen LogP contribution in [0.25, 0.3) is 0 Å². The van der Waals surface area contributed by atoms with Crippen LogP contribution in [0, 0.1) is 0 Å². The Morgan fingerprint density at radius 2 is 2.50 bits per heavy atom. The normalized spacial score (nSPS) is 10.5. The Bertz CT molecular complexity index is 222. The van der Waals surface area contributed by atoms with Crippen molar-refractivity contribution in [1.82, 2.24) is 9.78 Å². The smallest absolute Gasteiger partial charge is 0.0658 e. The molecule has 4 heteroatoms. The molecule has 0 aliphatic carbocycles. The van der Waals surface area contributed by atoms with Crippen LogP contribution in [0.5, 0.6) is 0 Å².